The number of fused-ring (bicyclic) bond motifs is 3. The maximum atomic E-state index is 13.1. The third-order valence-corrected chi connectivity index (χ3v) is 6.64. The molecular weight excluding hydrogens is 424 g/mol. The second-order valence-corrected chi connectivity index (χ2v) is 8.92. The second-order valence-electron chi connectivity index (χ2n) is 8.13. The zero-order chi connectivity index (χ0) is 22.2. The van der Waals surface area contributed by atoms with Crippen molar-refractivity contribution in [1.82, 2.24) is 10.1 Å². The van der Waals surface area contributed by atoms with Gasteiger partial charge in [0.1, 0.15) is 5.75 Å². The van der Waals surface area contributed by atoms with E-state index in [0.717, 1.165) is 24.2 Å². The Hall–Kier alpha value is -3.13. The quantitative estimate of drug-likeness (QED) is 0.486. The molecule has 7 nitrogen and oxygen atoms in total. The molecule has 3 aromatic rings. The fourth-order valence-electron chi connectivity index (χ4n) is 4.62. The van der Waals surface area contributed by atoms with Crippen LogP contribution in [0.2, 0.25) is 0 Å². The number of hydrogen-bond acceptors (Lipinski definition) is 5. The number of carbonyl (C=O) groups is 1. The molecule has 1 aromatic heterocycles. The van der Waals surface area contributed by atoms with Gasteiger partial charge in [-0.15, -0.1) is 0 Å². The van der Waals surface area contributed by atoms with Gasteiger partial charge in [-0.1, -0.05) is 23.9 Å². The average Bonchev–Trinajstić information content (AvgIpc) is 3.31. The van der Waals surface area contributed by atoms with Crippen molar-refractivity contribution in [2.45, 2.75) is 50.0 Å². The number of carbonyl (C=O) groups excluding carboxylic acids is 1. The minimum atomic E-state index is -0.578. The first kappa shape index (κ1) is 20.8. The lowest BCUT2D eigenvalue weighted by atomic mass is 10.0. The van der Waals surface area contributed by atoms with Gasteiger partial charge < -0.3 is 4.74 Å². The van der Waals surface area contributed by atoms with Crippen molar-refractivity contribution in [2.24, 2.45) is 0 Å². The molecule has 1 unspecified atom stereocenters. The van der Waals surface area contributed by atoms with Crippen molar-refractivity contribution in [1.29, 1.82) is 0 Å². The summed E-state index contributed by atoms with van der Waals surface area (Å²) in [5.74, 6) is 0.694. The number of nitrogens with one attached hydrogen (secondary N) is 1. The van der Waals surface area contributed by atoms with Gasteiger partial charge in [0.25, 0.3) is 6.17 Å². The normalized spacial score (nSPS) is 17.7. The number of thioether (sulfide) groups is 1. The molecule has 1 fully saturated rings. The van der Waals surface area contributed by atoms with E-state index in [-0.39, 0.29) is 17.6 Å². The van der Waals surface area contributed by atoms with Crippen LogP contribution < -0.4 is 19.9 Å². The van der Waals surface area contributed by atoms with Crippen molar-refractivity contribution in [3.63, 3.8) is 0 Å². The highest BCUT2D eigenvalue weighted by Gasteiger charge is 2.44. The molecule has 0 saturated heterocycles. The number of para-hydroxylation sites is 1. The SMILES string of the molecule is CSc1n[n+]2c(c(=O)[nH]1)-c1ccccc1N(C(C)=O)C2c1ccc(OC2CCCC2)cc1. The van der Waals surface area contributed by atoms with Crippen LogP contribution in [0.4, 0.5) is 5.69 Å². The van der Waals surface area contributed by atoms with Crippen LogP contribution in [0.15, 0.2) is 58.5 Å². The number of H-pyrrole nitrogens is 1. The van der Waals surface area contributed by atoms with Crippen molar-refractivity contribution in [3.8, 4) is 17.0 Å². The van der Waals surface area contributed by atoms with E-state index in [1.165, 1.54) is 31.5 Å². The molecule has 1 N–H and O–H groups in total. The fourth-order valence-corrected chi connectivity index (χ4v) is 4.99. The summed E-state index contributed by atoms with van der Waals surface area (Å²) in [5, 5.41) is 5.18. The van der Waals surface area contributed by atoms with Gasteiger partial charge >= 0.3 is 11.3 Å². The molecule has 2 heterocycles. The molecule has 32 heavy (non-hydrogen) atoms. The highest BCUT2D eigenvalue weighted by Crippen LogP contribution is 2.37. The number of ether oxygens (including phenoxy) is 1. The lowest BCUT2D eigenvalue weighted by Gasteiger charge is -2.31. The Morgan fingerprint density at radius 1 is 1.16 bits per heavy atom. The number of rotatable bonds is 4. The number of nitrogens with zero attached hydrogens (tertiary/aromatic N) is 3. The molecule has 1 atom stereocenters. The van der Waals surface area contributed by atoms with Gasteiger partial charge in [0.2, 0.25) is 11.1 Å². The number of hydrogen-bond donors (Lipinski definition) is 1. The summed E-state index contributed by atoms with van der Waals surface area (Å²) in [4.78, 5) is 30.5. The van der Waals surface area contributed by atoms with Crippen LogP contribution in [-0.4, -0.2) is 28.3 Å². The summed E-state index contributed by atoms with van der Waals surface area (Å²) in [6.45, 7) is 1.54. The third kappa shape index (κ3) is 3.58. The standard InChI is InChI=1S/C24H24N4O3S/c1-15(29)27-20-10-6-5-9-19(20)21-22(30)25-24(32-2)26-28(21)23(27)16-11-13-18(14-12-16)31-17-7-3-4-8-17/h5-6,9-14,17,23H,3-4,7-8H2,1-2H3/p+1. The van der Waals surface area contributed by atoms with Crippen molar-refractivity contribution >= 4 is 23.4 Å². The summed E-state index contributed by atoms with van der Waals surface area (Å²) < 4.78 is 7.78. The van der Waals surface area contributed by atoms with E-state index in [2.05, 4.69) is 10.1 Å². The van der Waals surface area contributed by atoms with Gasteiger partial charge in [-0.2, -0.15) is 0 Å². The molecule has 1 amide bonds. The van der Waals surface area contributed by atoms with E-state index in [1.54, 1.807) is 9.58 Å². The molecule has 0 spiro atoms. The summed E-state index contributed by atoms with van der Waals surface area (Å²) in [6, 6.07) is 15.2. The van der Waals surface area contributed by atoms with E-state index < -0.39 is 6.17 Å². The van der Waals surface area contributed by atoms with Crippen LogP contribution in [0.5, 0.6) is 5.75 Å². The second kappa shape index (κ2) is 8.43. The van der Waals surface area contributed by atoms with E-state index in [1.807, 2.05) is 54.8 Å². The number of benzene rings is 2. The van der Waals surface area contributed by atoms with Crippen LogP contribution in [0.1, 0.15) is 44.3 Å². The van der Waals surface area contributed by atoms with Gasteiger partial charge in [-0.05, 0) is 73.0 Å². The number of amides is 1. The smallest absolute Gasteiger partial charge is 0.325 e. The first-order valence-corrected chi connectivity index (χ1v) is 12.0. The average molecular weight is 450 g/mol. The molecular formula is C24H25N4O3S+. The van der Waals surface area contributed by atoms with Gasteiger partial charge in [0, 0.05) is 17.6 Å². The van der Waals surface area contributed by atoms with E-state index in [0.29, 0.717) is 22.1 Å². The van der Waals surface area contributed by atoms with E-state index in [9.17, 15) is 9.59 Å². The summed E-state index contributed by atoms with van der Waals surface area (Å²) in [6.07, 6.45) is 6.16. The van der Waals surface area contributed by atoms with Crippen LogP contribution in [0, 0.1) is 0 Å². The Labute approximate surface area is 190 Å². The summed E-state index contributed by atoms with van der Waals surface area (Å²) in [5.41, 5.74) is 2.44. The summed E-state index contributed by atoms with van der Waals surface area (Å²) in [7, 11) is 0. The molecule has 0 radical (unpaired) electrons. The predicted octanol–water partition coefficient (Wildman–Crippen LogP) is 3.68. The Balaban J connectivity index is 1.64. The topological polar surface area (TPSA) is 79.2 Å². The van der Waals surface area contributed by atoms with E-state index in [4.69, 9.17) is 4.74 Å². The Morgan fingerprint density at radius 3 is 2.56 bits per heavy atom. The Kier molecular flexibility index (Phi) is 5.46. The molecule has 5 rings (SSSR count). The largest absolute Gasteiger partial charge is 0.490 e. The van der Waals surface area contributed by atoms with Gasteiger partial charge in [-0.25, -0.2) is 4.90 Å². The molecule has 2 aromatic carbocycles. The van der Waals surface area contributed by atoms with Crippen molar-refractivity contribution in [2.75, 3.05) is 11.2 Å². The van der Waals surface area contributed by atoms with E-state index >= 15 is 0 Å². The third-order valence-electron chi connectivity index (χ3n) is 6.07. The van der Waals surface area contributed by atoms with Crippen LogP contribution in [-0.2, 0) is 4.79 Å². The molecule has 0 bridgehead atoms. The summed E-state index contributed by atoms with van der Waals surface area (Å²) >= 11 is 1.35. The molecule has 8 heteroatoms. The molecule has 1 aliphatic heterocycles. The van der Waals surface area contributed by atoms with Crippen LogP contribution >= 0.6 is 11.8 Å². The highest BCUT2D eigenvalue weighted by molar-refractivity contribution is 7.98. The number of anilines is 1. The van der Waals surface area contributed by atoms with Gasteiger partial charge in [0.05, 0.1) is 17.4 Å². The first-order valence-electron chi connectivity index (χ1n) is 10.8. The Bertz CT molecular complexity index is 1220. The maximum absolute atomic E-state index is 13.1. The molecule has 2 aliphatic rings. The van der Waals surface area contributed by atoms with Crippen molar-refractivity contribution in [3.05, 3.63) is 64.4 Å². The first-order chi connectivity index (χ1) is 15.6. The molecule has 164 valence electrons. The van der Waals surface area contributed by atoms with Crippen LogP contribution in [0.25, 0.3) is 11.3 Å². The number of aromatic amines is 1. The fraction of sp³-hybridized carbons (Fsp3) is 0.333. The van der Waals surface area contributed by atoms with Crippen LogP contribution in [0.3, 0.4) is 0 Å². The highest BCUT2D eigenvalue weighted by atomic mass is 32.2. The number of aromatic nitrogens is 3. The molecule has 1 saturated carbocycles. The lowest BCUT2D eigenvalue weighted by molar-refractivity contribution is -0.763. The van der Waals surface area contributed by atoms with Crippen molar-refractivity contribution < 1.29 is 14.2 Å². The minimum Gasteiger partial charge on any atom is -0.490 e. The zero-order valence-corrected chi connectivity index (χ0v) is 18.9. The molecule has 1 aliphatic carbocycles. The zero-order valence-electron chi connectivity index (χ0n) is 18.1. The van der Waals surface area contributed by atoms with Gasteiger partial charge in [-0.3, -0.25) is 14.6 Å². The maximum Gasteiger partial charge on any atom is 0.325 e. The monoisotopic (exact) mass is 449 g/mol. The lowest BCUT2D eigenvalue weighted by Crippen LogP contribution is -2.60. The van der Waals surface area contributed by atoms with Gasteiger partial charge in [0.15, 0.2) is 0 Å². The minimum absolute atomic E-state index is 0.125. The predicted molar refractivity (Wildman–Crippen MR) is 123 cm³/mol. The Morgan fingerprint density at radius 2 is 1.88 bits per heavy atom.